The fourth-order valence-corrected chi connectivity index (χ4v) is 4.36. The Hall–Kier alpha value is -2.79. The molecule has 2 aromatic heterocycles. The molecule has 2 aliphatic rings. The quantitative estimate of drug-likeness (QED) is 0.677. The van der Waals surface area contributed by atoms with Crippen LogP contribution < -0.4 is 4.74 Å². The molecule has 0 atom stereocenters. The summed E-state index contributed by atoms with van der Waals surface area (Å²) in [6.07, 6.45) is 7.27. The summed E-state index contributed by atoms with van der Waals surface area (Å²) in [6, 6.07) is 10.5. The molecule has 1 aliphatic heterocycles. The third kappa shape index (κ3) is 3.62. The van der Waals surface area contributed by atoms with Crippen molar-refractivity contribution in [3.05, 3.63) is 65.2 Å². The van der Waals surface area contributed by atoms with E-state index >= 15 is 0 Å². The molecule has 0 spiro atoms. The molecule has 0 unspecified atom stereocenters. The Morgan fingerprint density at radius 1 is 1.14 bits per heavy atom. The Labute approximate surface area is 171 Å². The number of hydrogen-bond acceptors (Lipinski definition) is 5. The Balaban J connectivity index is 1.45. The zero-order chi connectivity index (χ0) is 19.8. The van der Waals surface area contributed by atoms with Crippen molar-refractivity contribution in [3.8, 4) is 5.88 Å². The van der Waals surface area contributed by atoms with Gasteiger partial charge in [-0.2, -0.15) is 4.98 Å². The maximum Gasteiger partial charge on any atom is 0.225 e. The third-order valence-corrected chi connectivity index (χ3v) is 6.04. The van der Waals surface area contributed by atoms with Crippen LogP contribution in [0.3, 0.4) is 0 Å². The molecular formula is C24H26N4O. The predicted octanol–water partition coefficient (Wildman–Crippen LogP) is 4.04. The zero-order valence-electron chi connectivity index (χ0n) is 17.1. The Morgan fingerprint density at radius 2 is 2.00 bits per heavy atom. The standard InChI is InChI=1S/C24H26N4O/c1-16-26-22-8-6-20(18-5-7-21-19(14-18)4-3-11-25-21)23(22)24(27-16)29-15-17-9-12-28(2)13-10-17/h3-7,11,14,17H,8-10,12-13,15H2,1-2H3. The molecule has 1 aliphatic carbocycles. The number of benzene rings is 1. The fourth-order valence-electron chi connectivity index (χ4n) is 4.36. The average molecular weight is 386 g/mol. The monoisotopic (exact) mass is 386 g/mol. The lowest BCUT2D eigenvalue weighted by atomic mass is 9.98. The molecule has 5 rings (SSSR count). The molecule has 0 saturated carbocycles. The first-order valence-electron chi connectivity index (χ1n) is 10.4. The molecule has 0 bridgehead atoms. The molecule has 148 valence electrons. The van der Waals surface area contributed by atoms with Crippen LogP contribution in [0.1, 0.15) is 35.5 Å². The maximum absolute atomic E-state index is 6.32. The second-order valence-electron chi connectivity index (χ2n) is 8.19. The van der Waals surface area contributed by atoms with E-state index in [1.807, 2.05) is 19.2 Å². The first kappa shape index (κ1) is 18.3. The van der Waals surface area contributed by atoms with Gasteiger partial charge in [-0.3, -0.25) is 4.98 Å². The van der Waals surface area contributed by atoms with Gasteiger partial charge in [0.1, 0.15) is 5.82 Å². The van der Waals surface area contributed by atoms with Crippen LogP contribution in [-0.2, 0) is 6.42 Å². The second kappa shape index (κ2) is 7.56. The second-order valence-corrected chi connectivity index (χ2v) is 8.19. The van der Waals surface area contributed by atoms with Crippen LogP contribution in [0, 0.1) is 12.8 Å². The van der Waals surface area contributed by atoms with Gasteiger partial charge < -0.3 is 9.64 Å². The summed E-state index contributed by atoms with van der Waals surface area (Å²) in [7, 11) is 2.19. The van der Waals surface area contributed by atoms with Crippen LogP contribution in [0.4, 0.5) is 0 Å². The van der Waals surface area contributed by atoms with Crippen LogP contribution in [0.15, 0.2) is 42.6 Å². The van der Waals surface area contributed by atoms with E-state index in [-0.39, 0.29) is 0 Å². The van der Waals surface area contributed by atoms with Crippen LogP contribution >= 0.6 is 0 Å². The van der Waals surface area contributed by atoms with E-state index in [1.165, 1.54) is 24.0 Å². The topological polar surface area (TPSA) is 51.1 Å². The lowest BCUT2D eigenvalue weighted by Gasteiger charge is -2.28. The molecular weight excluding hydrogens is 360 g/mol. The van der Waals surface area contributed by atoms with Crippen molar-refractivity contribution in [2.45, 2.75) is 26.2 Å². The maximum atomic E-state index is 6.32. The van der Waals surface area contributed by atoms with E-state index in [0.717, 1.165) is 60.0 Å². The smallest absolute Gasteiger partial charge is 0.225 e. The van der Waals surface area contributed by atoms with Gasteiger partial charge in [0.2, 0.25) is 5.88 Å². The molecule has 1 aromatic carbocycles. The molecule has 5 nitrogen and oxygen atoms in total. The molecule has 29 heavy (non-hydrogen) atoms. The van der Waals surface area contributed by atoms with E-state index in [2.05, 4.69) is 52.3 Å². The van der Waals surface area contributed by atoms with Crippen molar-refractivity contribution in [2.75, 3.05) is 26.7 Å². The van der Waals surface area contributed by atoms with Crippen LogP contribution in [0.2, 0.25) is 0 Å². The summed E-state index contributed by atoms with van der Waals surface area (Å²) in [5.74, 6) is 2.11. The number of ether oxygens (including phenoxy) is 1. The number of rotatable bonds is 4. The number of hydrogen-bond donors (Lipinski definition) is 0. The summed E-state index contributed by atoms with van der Waals surface area (Å²) in [5.41, 5.74) is 5.47. The number of allylic oxidation sites excluding steroid dienone is 1. The summed E-state index contributed by atoms with van der Waals surface area (Å²) in [5, 5.41) is 1.14. The molecule has 0 N–H and O–H groups in total. The molecule has 1 saturated heterocycles. The Morgan fingerprint density at radius 3 is 2.86 bits per heavy atom. The van der Waals surface area contributed by atoms with Crippen LogP contribution in [-0.4, -0.2) is 46.6 Å². The van der Waals surface area contributed by atoms with E-state index in [1.54, 1.807) is 0 Å². The molecule has 0 amide bonds. The number of fused-ring (bicyclic) bond motifs is 2. The van der Waals surface area contributed by atoms with E-state index < -0.39 is 0 Å². The molecule has 5 heteroatoms. The SMILES string of the molecule is Cc1nc2c(c(OCC3CCN(C)CC3)n1)C(c1ccc3ncccc3c1)=CC2. The van der Waals surface area contributed by atoms with E-state index in [4.69, 9.17) is 9.72 Å². The Bertz CT molecular complexity index is 1080. The highest BCUT2D eigenvalue weighted by Gasteiger charge is 2.25. The van der Waals surface area contributed by atoms with Gasteiger partial charge in [0.05, 0.1) is 23.4 Å². The van der Waals surface area contributed by atoms with E-state index in [0.29, 0.717) is 5.92 Å². The highest BCUT2D eigenvalue weighted by Crippen LogP contribution is 2.38. The van der Waals surface area contributed by atoms with Gasteiger partial charge in [-0.1, -0.05) is 18.2 Å². The van der Waals surface area contributed by atoms with Gasteiger partial charge >= 0.3 is 0 Å². The minimum Gasteiger partial charge on any atom is -0.477 e. The van der Waals surface area contributed by atoms with Crippen LogP contribution in [0.25, 0.3) is 16.5 Å². The minimum atomic E-state index is 0.595. The van der Waals surface area contributed by atoms with Gasteiger partial charge in [0.15, 0.2) is 0 Å². The highest BCUT2D eigenvalue weighted by molar-refractivity contribution is 5.90. The van der Waals surface area contributed by atoms with Crippen molar-refractivity contribution in [2.24, 2.45) is 5.92 Å². The van der Waals surface area contributed by atoms with Gasteiger partial charge in [0, 0.05) is 18.0 Å². The van der Waals surface area contributed by atoms with Crippen molar-refractivity contribution < 1.29 is 4.74 Å². The highest BCUT2D eigenvalue weighted by atomic mass is 16.5. The van der Waals surface area contributed by atoms with Gasteiger partial charge in [0.25, 0.3) is 0 Å². The number of aryl methyl sites for hydroxylation is 1. The molecule has 1 fully saturated rings. The van der Waals surface area contributed by atoms with Gasteiger partial charge in [-0.15, -0.1) is 0 Å². The summed E-state index contributed by atoms with van der Waals surface area (Å²) in [4.78, 5) is 16.2. The van der Waals surface area contributed by atoms with Gasteiger partial charge in [-0.25, -0.2) is 4.98 Å². The van der Waals surface area contributed by atoms with E-state index in [9.17, 15) is 0 Å². The fraction of sp³-hybridized carbons (Fsp3) is 0.375. The normalized spacial score (nSPS) is 17.4. The Kier molecular flexibility index (Phi) is 4.76. The van der Waals surface area contributed by atoms with Crippen molar-refractivity contribution in [1.29, 1.82) is 0 Å². The largest absolute Gasteiger partial charge is 0.477 e. The average Bonchev–Trinajstić information content (AvgIpc) is 3.16. The third-order valence-electron chi connectivity index (χ3n) is 6.04. The lowest BCUT2D eigenvalue weighted by molar-refractivity contribution is 0.156. The molecule has 3 heterocycles. The van der Waals surface area contributed by atoms with Crippen molar-refractivity contribution in [1.82, 2.24) is 19.9 Å². The lowest BCUT2D eigenvalue weighted by Crippen LogP contribution is -2.32. The van der Waals surface area contributed by atoms with Gasteiger partial charge in [-0.05, 0) is 75.2 Å². The predicted molar refractivity (Wildman–Crippen MR) is 115 cm³/mol. The first-order valence-corrected chi connectivity index (χ1v) is 10.4. The number of piperidine rings is 1. The van der Waals surface area contributed by atoms with Crippen molar-refractivity contribution >= 4 is 16.5 Å². The minimum absolute atomic E-state index is 0.595. The number of pyridine rings is 1. The zero-order valence-corrected chi connectivity index (χ0v) is 17.1. The number of aromatic nitrogens is 3. The molecule has 0 radical (unpaired) electrons. The summed E-state index contributed by atoms with van der Waals surface area (Å²) in [6.45, 7) is 4.96. The number of nitrogens with zero attached hydrogens (tertiary/aromatic N) is 4. The number of likely N-dealkylation sites (tertiary alicyclic amines) is 1. The first-order chi connectivity index (χ1) is 14.2. The molecule has 3 aromatic rings. The van der Waals surface area contributed by atoms with Crippen LogP contribution in [0.5, 0.6) is 5.88 Å². The van der Waals surface area contributed by atoms with Crippen molar-refractivity contribution in [3.63, 3.8) is 0 Å². The summed E-state index contributed by atoms with van der Waals surface area (Å²) < 4.78 is 6.32. The summed E-state index contributed by atoms with van der Waals surface area (Å²) >= 11 is 0.